The van der Waals surface area contributed by atoms with E-state index in [2.05, 4.69) is 25.1 Å². The number of nitrogens with one attached hydrogen (secondary N) is 1. The fraction of sp³-hybridized carbons (Fsp3) is 0.818. The van der Waals surface area contributed by atoms with E-state index >= 15 is 0 Å². The van der Waals surface area contributed by atoms with Crippen LogP contribution in [0.15, 0.2) is 0 Å². The molecule has 13 heavy (non-hydrogen) atoms. The highest BCUT2D eigenvalue weighted by molar-refractivity contribution is 5.05. The summed E-state index contributed by atoms with van der Waals surface area (Å²) in [5.41, 5.74) is 0. The number of terminal acetylenes is 1. The van der Waals surface area contributed by atoms with Gasteiger partial charge in [0.15, 0.2) is 0 Å². The van der Waals surface area contributed by atoms with Gasteiger partial charge in [-0.25, -0.2) is 0 Å². The zero-order valence-electron chi connectivity index (χ0n) is 8.55. The first kappa shape index (κ1) is 10.6. The van der Waals surface area contributed by atoms with Crippen molar-refractivity contribution in [2.75, 3.05) is 13.2 Å². The van der Waals surface area contributed by atoms with Crippen molar-refractivity contribution in [1.29, 1.82) is 0 Å². The molecule has 3 unspecified atom stereocenters. The molecule has 2 heteroatoms. The Hall–Kier alpha value is -0.520. The van der Waals surface area contributed by atoms with Gasteiger partial charge in [-0.1, -0.05) is 19.8 Å². The molecule has 0 spiro atoms. The van der Waals surface area contributed by atoms with Crippen LogP contribution >= 0.6 is 0 Å². The van der Waals surface area contributed by atoms with Gasteiger partial charge in [0, 0.05) is 6.61 Å². The molecule has 0 radical (unpaired) electrons. The van der Waals surface area contributed by atoms with Gasteiger partial charge < -0.3 is 10.1 Å². The van der Waals surface area contributed by atoms with Crippen molar-refractivity contribution in [2.24, 2.45) is 5.92 Å². The molecule has 0 aliphatic carbocycles. The van der Waals surface area contributed by atoms with Gasteiger partial charge >= 0.3 is 0 Å². The Labute approximate surface area is 81.0 Å². The molecule has 1 aliphatic heterocycles. The van der Waals surface area contributed by atoms with Gasteiger partial charge in [-0.05, 0) is 25.3 Å². The maximum Gasteiger partial charge on any atom is 0.0955 e. The van der Waals surface area contributed by atoms with E-state index in [1.165, 1.54) is 0 Å². The van der Waals surface area contributed by atoms with Crippen molar-refractivity contribution < 1.29 is 4.74 Å². The summed E-state index contributed by atoms with van der Waals surface area (Å²) in [6.07, 6.45) is 7.93. The predicted molar refractivity (Wildman–Crippen MR) is 54.4 cm³/mol. The molecule has 1 aliphatic rings. The summed E-state index contributed by atoms with van der Waals surface area (Å²) < 4.78 is 5.61. The smallest absolute Gasteiger partial charge is 0.0955 e. The Morgan fingerprint density at radius 2 is 2.46 bits per heavy atom. The third kappa shape index (κ3) is 2.72. The molecule has 0 amide bonds. The molecule has 1 heterocycles. The van der Waals surface area contributed by atoms with Crippen LogP contribution in [-0.2, 0) is 4.74 Å². The van der Waals surface area contributed by atoms with Crippen molar-refractivity contribution in [2.45, 2.75) is 38.8 Å². The SMILES string of the molecule is C#CC(NCCC)C1OCCC1C. The molecule has 2 nitrogen and oxygen atoms in total. The molecule has 1 N–H and O–H groups in total. The van der Waals surface area contributed by atoms with Crippen LogP contribution in [-0.4, -0.2) is 25.3 Å². The summed E-state index contributed by atoms with van der Waals surface area (Å²) in [7, 11) is 0. The van der Waals surface area contributed by atoms with Gasteiger partial charge in [0.05, 0.1) is 12.1 Å². The minimum Gasteiger partial charge on any atom is -0.375 e. The van der Waals surface area contributed by atoms with E-state index < -0.39 is 0 Å². The van der Waals surface area contributed by atoms with Crippen molar-refractivity contribution in [3.05, 3.63) is 0 Å². The second-order valence-corrected chi connectivity index (χ2v) is 3.70. The minimum atomic E-state index is 0.0949. The fourth-order valence-corrected chi connectivity index (χ4v) is 1.71. The Balaban J connectivity index is 2.41. The standard InChI is InChI=1S/C11H19NO/c1-4-7-12-10(5-2)11-9(3)6-8-13-11/h2,9-12H,4,6-8H2,1,3H3. The molecule has 74 valence electrons. The van der Waals surface area contributed by atoms with E-state index in [1.807, 2.05) is 0 Å². The molecule has 0 aromatic carbocycles. The van der Waals surface area contributed by atoms with Gasteiger partial charge in [-0.3, -0.25) is 0 Å². The van der Waals surface area contributed by atoms with Crippen molar-refractivity contribution in [1.82, 2.24) is 5.32 Å². The van der Waals surface area contributed by atoms with Gasteiger partial charge in [0.2, 0.25) is 0 Å². The van der Waals surface area contributed by atoms with Crippen LogP contribution in [0.5, 0.6) is 0 Å². The van der Waals surface area contributed by atoms with Gasteiger partial charge in [-0.2, -0.15) is 0 Å². The number of ether oxygens (including phenoxy) is 1. The van der Waals surface area contributed by atoms with Crippen molar-refractivity contribution in [3.63, 3.8) is 0 Å². The number of rotatable bonds is 4. The lowest BCUT2D eigenvalue weighted by atomic mass is 9.98. The number of hydrogen-bond donors (Lipinski definition) is 1. The molecular weight excluding hydrogens is 162 g/mol. The maximum atomic E-state index is 5.61. The van der Waals surface area contributed by atoms with E-state index in [-0.39, 0.29) is 12.1 Å². The predicted octanol–water partition coefficient (Wildman–Crippen LogP) is 1.41. The molecule has 1 fully saturated rings. The Morgan fingerprint density at radius 1 is 1.69 bits per heavy atom. The van der Waals surface area contributed by atoms with Crippen LogP contribution < -0.4 is 5.32 Å². The Bertz CT molecular complexity index is 185. The lowest BCUT2D eigenvalue weighted by molar-refractivity contribution is 0.0768. The molecule has 0 saturated carbocycles. The summed E-state index contributed by atoms with van der Waals surface area (Å²) in [6, 6.07) is 0.0949. The second-order valence-electron chi connectivity index (χ2n) is 3.70. The van der Waals surface area contributed by atoms with Crippen molar-refractivity contribution in [3.8, 4) is 12.3 Å². The van der Waals surface area contributed by atoms with Gasteiger partial charge in [-0.15, -0.1) is 6.42 Å². The third-order valence-electron chi connectivity index (χ3n) is 2.57. The monoisotopic (exact) mass is 181 g/mol. The highest BCUT2D eigenvalue weighted by atomic mass is 16.5. The Morgan fingerprint density at radius 3 is 2.92 bits per heavy atom. The van der Waals surface area contributed by atoms with E-state index in [4.69, 9.17) is 11.2 Å². The summed E-state index contributed by atoms with van der Waals surface area (Å²) in [5, 5.41) is 3.33. The van der Waals surface area contributed by atoms with E-state index in [0.717, 1.165) is 26.0 Å². The van der Waals surface area contributed by atoms with Crippen LogP contribution in [0.25, 0.3) is 0 Å². The van der Waals surface area contributed by atoms with Crippen molar-refractivity contribution >= 4 is 0 Å². The largest absolute Gasteiger partial charge is 0.375 e. The molecule has 0 aromatic heterocycles. The van der Waals surface area contributed by atoms with E-state index in [0.29, 0.717) is 5.92 Å². The summed E-state index contributed by atoms with van der Waals surface area (Å²) in [6.45, 7) is 6.18. The molecular formula is C11H19NO. The summed E-state index contributed by atoms with van der Waals surface area (Å²) in [4.78, 5) is 0. The zero-order valence-corrected chi connectivity index (χ0v) is 8.55. The zero-order chi connectivity index (χ0) is 9.68. The second kappa shape index (κ2) is 5.26. The normalized spacial score (nSPS) is 29.9. The summed E-state index contributed by atoms with van der Waals surface area (Å²) >= 11 is 0. The first-order valence-corrected chi connectivity index (χ1v) is 5.10. The third-order valence-corrected chi connectivity index (χ3v) is 2.57. The molecule has 1 rings (SSSR count). The van der Waals surface area contributed by atoms with Crippen LogP contribution in [0.2, 0.25) is 0 Å². The summed E-state index contributed by atoms with van der Waals surface area (Å²) in [5.74, 6) is 3.36. The number of hydrogen-bond acceptors (Lipinski definition) is 2. The molecule has 3 atom stereocenters. The Kier molecular flexibility index (Phi) is 4.27. The van der Waals surface area contributed by atoms with Crippen LogP contribution in [0.1, 0.15) is 26.7 Å². The average Bonchev–Trinajstić information content (AvgIpc) is 2.54. The van der Waals surface area contributed by atoms with Crippen LogP contribution in [0.4, 0.5) is 0 Å². The fourth-order valence-electron chi connectivity index (χ4n) is 1.71. The van der Waals surface area contributed by atoms with E-state index in [1.54, 1.807) is 0 Å². The lowest BCUT2D eigenvalue weighted by Gasteiger charge is -2.22. The quantitative estimate of drug-likeness (QED) is 0.662. The van der Waals surface area contributed by atoms with Gasteiger partial charge in [0.1, 0.15) is 0 Å². The molecule has 0 aromatic rings. The minimum absolute atomic E-state index is 0.0949. The topological polar surface area (TPSA) is 21.3 Å². The van der Waals surface area contributed by atoms with E-state index in [9.17, 15) is 0 Å². The highest BCUT2D eigenvalue weighted by Gasteiger charge is 2.30. The van der Waals surface area contributed by atoms with Crippen LogP contribution in [0, 0.1) is 18.3 Å². The van der Waals surface area contributed by atoms with Crippen LogP contribution in [0.3, 0.4) is 0 Å². The first-order chi connectivity index (χ1) is 6.29. The molecule has 1 saturated heterocycles. The lowest BCUT2D eigenvalue weighted by Crippen LogP contribution is -2.41. The molecule has 0 bridgehead atoms. The van der Waals surface area contributed by atoms with Gasteiger partial charge in [0.25, 0.3) is 0 Å². The maximum absolute atomic E-state index is 5.61. The average molecular weight is 181 g/mol. The highest BCUT2D eigenvalue weighted by Crippen LogP contribution is 2.22. The first-order valence-electron chi connectivity index (χ1n) is 5.10.